The number of aromatic nitrogens is 2. The molecule has 1 unspecified atom stereocenters. The maximum atomic E-state index is 10.4. The van der Waals surface area contributed by atoms with Gasteiger partial charge in [-0.2, -0.15) is 5.10 Å². The molecular formula is C15H21N3O. The molecule has 2 aromatic rings. The van der Waals surface area contributed by atoms with Crippen molar-refractivity contribution in [3.05, 3.63) is 29.5 Å². The average Bonchev–Trinajstić information content (AvgIpc) is 3.07. The highest BCUT2D eigenvalue weighted by Gasteiger charge is 2.16. The quantitative estimate of drug-likeness (QED) is 0.886. The van der Waals surface area contributed by atoms with E-state index in [1.165, 1.54) is 25.9 Å². The summed E-state index contributed by atoms with van der Waals surface area (Å²) in [5, 5.41) is 18.5. The van der Waals surface area contributed by atoms with Crippen LogP contribution in [-0.4, -0.2) is 39.8 Å². The molecule has 0 spiro atoms. The first-order valence-corrected chi connectivity index (χ1v) is 7.08. The number of aryl methyl sites for hydroxylation is 1. The van der Waals surface area contributed by atoms with E-state index >= 15 is 0 Å². The second kappa shape index (κ2) is 5.31. The van der Waals surface area contributed by atoms with Crippen LogP contribution >= 0.6 is 0 Å². The van der Waals surface area contributed by atoms with E-state index in [9.17, 15) is 5.11 Å². The summed E-state index contributed by atoms with van der Waals surface area (Å²) in [6, 6.07) is 4.02. The van der Waals surface area contributed by atoms with Gasteiger partial charge in [-0.15, -0.1) is 0 Å². The molecule has 0 amide bonds. The van der Waals surface area contributed by atoms with Gasteiger partial charge >= 0.3 is 0 Å². The first-order valence-electron chi connectivity index (χ1n) is 7.08. The molecule has 0 aliphatic carbocycles. The minimum Gasteiger partial charge on any atom is -0.388 e. The SMILES string of the molecule is Cc1c(C(O)CCN2CCCC2)ccc2[nH]ncc12. The first kappa shape index (κ1) is 12.6. The third-order valence-corrected chi connectivity index (χ3v) is 4.21. The van der Waals surface area contributed by atoms with Crippen LogP contribution in [0.5, 0.6) is 0 Å². The predicted molar refractivity (Wildman–Crippen MR) is 76.1 cm³/mol. The molecule has 1 fully saturated rings. The summed E-state index contributed by atoms with van der Waals surface area (Å²) in [5.74, 6) is 0. The van der Waals surface area contributed by atoms with Gasteiger partial charge in [0.15, 0.2) is 0 Å². The smallest absolute Gasteiger partial charge is 0.0805 e. The number of nitrogens with zero attached hydrogens (tertiary/aromatic N) is 2. The molecule has 102 valence electrons. The van der Waals surface area contributed by atoms with Gasteiger partial charge in [-0.05, 0) is 56.5 Å². The van der Waals surface area contributed by atoms with Crippen LogP contribution in [0, 0.1) is 6.92 Å². The van der Waals surface area contributed by atoms with Crippen LogP contribution in [0.1, 0.15) is 36.5 Å². The Bertz CT molecular complexity index is 558. The van der Waals surface area contributed by atoms with Crippen LogP contribution in [0.25, 0.3) is 10.9 Å². The number of hydrogen-bond acceptors (Lipinski definition) is 3. The van der Waals surface area contributed by atoms with Crippen LogP contribution in [0.3, 0.4) is 0 Å². The zero-order chi connectivity index (χ0) is 13.2. The Morgan fingerprint density at radius 2 is 2.16 bits per heavy atom. The summed E-state index contributed by atoms with van der Waals surface area (Å²) in [7, 11) is 0. The minimum atomic E-state index is -0.375. The highest BCUT2D eigenvalue weighted by Crippen LogP contribution is 2.27. The van der Waals surface area contributed by atoms with Crippen LogP contribution in [0.4, 0.5) is 0 Å². The topological polar surface area (TPSA) is 52.1 Å². The molecule has 4 nitrogen and oxygen atoms in total. The number of aromatic amines is 1. The summed E-state index contributed by atoms with van der Waals surface area (Å²) in [6.45, 7) is 5.43. The number of rotatable bonds is 4. The fraction of sp³-hybridized carbons (Fsp3) is 0.533. The Morgan fingerprint density at radius 1 is 1.37 bits per heavy atom. The molecule has 0 radical (unpaired) electrons. The molecular weight excluding hydrogens is 238 g/mol. The lowest BCUT2D eigenvalue weighted by molar-refractivity contribution is 0.148. The van der Waals surface area contributed by atoms with E-state index in [0.29, 0.717) is 0 Å². The van der Waals surface area contributed by atoms with Crippen LogP contribution in [0.2, 0.25) is 0 Å². The fourth-order valence-corrected chi connectivity index (χ4v) is 3.00. The summed E-state index contributed by atoms with van der Waals surface area (Å²) in [4.78, 5) is 2.44. The summed E-state index contributed by atoms with van der Waals surface area (Å²) in [6.07, 6.45) is 4.87. The third-order valence-electron chi connectivity index (χ3n) is 4.21. The summed E-state index contributed by atoms with van der Waals surface area (Å²) < 4.78 is 0. The van der Waals surface area contributed by atoms with E-state index in [1.807, 2.05) is 18.3 Å². The van der Waals surface area contributed by atoms with E-state index in [1.54, 1.807) is 0 Å². The van der Waals surface area contributed by atoms with Crippen molar-refractivity contribution in [2.24, 2.45) is 0 Å². The molecule has 3 rings (SSSR count). The molecule has 2 N–H and O–H groups in total. The van der Waals surface area contributed by atoms with Crippen molar-refractivity contribution in [3.8, 4) is 0 Å². The van der Waals surface area contributed by atoms with Gasteiger partial charge in [-0.1, -0.05) is 6.07 Å². The van der Waals surface area contributed by atoms with Crippen LogP contribution < -0.4 is 0 Å². The lowest BCUT2D eigenvalue weighted by Gasteiger charge is -2.19. The molecule has 4 heteroatoms. The van der Waals surface area contributed by atoms with E-state index in [0.717, 1.165) is 35.0 Å². The largest absolute Gasteiger partial charge is 0.388 e. The van der Waals surface area contributed by atoms with Gasteiger partial charge in [0.2, 0.25) is 0 Å². The normalized spacial score (nSPS) is 18.2. The number of aliphatic hydroxyl groups excluding tert-OH is 1. The van der Waals surface area contributed by atoms with Crippen molar-refractivity contribution in [1.82, 2.24) is 15.1 Å². The van der Waals surface area contributed by atoms with Gasteiger partial charge < -0.3 is 10.0 Å². The second-order valence-corrected chi connectivity index (χ2v) is 5.46. The van der Waals surface area contributed by atoms with Crippen molar-refractivity contribution in [3.63, 3.8) is 0 Å². The molecule has 0 saturated carbocycles. The lowest BCUT2D eigenvalue weighted by Crippen LogP contribution is -2.22. The monoisotopic (exact) mass is 259 g/mol. The minimum absolute atomic E-state index is 0.375. The molecule has 2 heterocycles. The second-order valence-electron chi connectivity index (χ2n) is 5.46. The van der Waals surface area contributed by atoms with E-state index < -0.39 is 0 Å². The predicted octanol–water partition coefficient (Wildman–Crippen LogP) is 2.39. The highest BCUT2D eigenvalue weighted by atomic mass is 16.3. The number of H-pyrrole nitrogens is 1. The first-order chi connectivity index (χ1) is 9.25. The van der Waals surface area contributed by atoms with Gasteiger partial charge in [0, 0.05) is 11.9 Å². The van der Waals surface area contributed by atoms with Gasteiger partial charge in [0.1, 0.15) is 0 Å². The number of nitrogens with one attached hydrogen (secondary N) is 1. The standard InChI is InChI=1S/C15H21N3O/c1-11-12(4-5-14-13(11)10-16-17-14)15(19)6-9-18-7-2-3-8-18/h4-5,10,15,19H,2-3,6-9H2,1H3,(H,16,17). The van der Waals surface area contributed by atoms with E-state index in [4.69, 9.17) is 0 Å². The zero-order valence-electron chi connectivity index (χ0n) is 11.4. The van der Waals surface area contributed by atoms with Crippen molar-refractivity contribution in [2.75, 3.05) is 19.6 Å². The maximum absolute atomic E-state index is 10.4. The Hall–Kier alpha value is -1.39. The maximum Gasteiger partial charge on any atom is 0.0805 e. The van der Waals surface area contributed by atoms with Crippen molar-refractivity contribution in [2.45, 2.75) is 32.3 Å². The van der Waals surface area contributed by atoms with Gasteiger partial charge in [-0.25, -0.2) is 0 Å². The summed E-state index contributed by atoms with van der Waals surface area (Å²) in [5.41, 5.74) is 3.21. The third kappa shape index (κ3) is 2.51. The molecule has 0 bridgehead atoms. The Labute approximate surface area is 113 Å². The highest BCUT2D eigenvalue weighted by molar-refractivity contribution is 5.82. The molecule has 1 aromatic carbocycles. The Balaban J connectivity index is 1.73. The number of hydrogen-bond donors (Lipinski definition) is 2. The molecule has 1 atom stereocenters. The number of fused-ring (bicyclic) bond motifs is 1. The van der Waals surface area contributed by atoms with Crippen LogP contribution in [-0.2, 0) is 0 Å². The van der Waals surface area contributed by atoms with Gasteiger partial charge in [-0.3, -0.25) is 5.10 Å². The fourth-order valence-electron chi connectivity index (χ4n) is 3.00. The van der Waals surface area contributed by atoms with E-state index in [-0.39, 0.29) is 6.10 Å². The molecule has 1 aliphatic rings. The molecule has 1 aromatic heterocycles. The summed E-state index contributed by atoms with van der Waals surface area (Å²) >= 11 is 0. The molecule has 1 aliphatic heterocycles. The Morgan fingerprint density at radius 3 is 2.95 bits per heavy atom. The van der Waals surface area contributed by atoms with Gasteiger partial charge in [0.05, 0.1) is 17.8 Å². The van der Waals surface area contributed by atoms with Crippen molar-refractivity contribution < 1.29 is 5.11 Å². The number of aliphatic hydroxyl groups is 1. The average molecular weight is 259 g/mol. The van der Waals surface area contributed by atoms with Gasteiger partial charge in [0.25, 0.3) is 0 Å². The zero-order valence-corrected chi connectivity index (χ0v) is 11.4. The van der Waals surface area contributed by atoms with Crippen LogP contribution in [0.15, 0.2) is 18.3 Å². The Kier molecular flexibility index (Phi) is 3.53. The molecule has 19 heavy (non-hydrogen) atoms. The lowest BCUT2D eigenvalue weighted by atomic mass is 9.98. The van der Waals surface area contributed by atoms with Crippen molar-refractivity contribution in [1.29, 1.82) is 0 Å². The van der Waals surface area contributed by atoms with Crippen molar-refractivity contribution >= 4 is 10.9 Å². The van der Waals surface area contributed by atoms with E-state index in [2.05, 4.69) is 22.0 Å². The molecule has 1 saturated heterocycles. The number of likely N-dealkylation sites (tertiary alicyclic amines) is 1. The number of benzene rings is 1.